The lowest BCUT2D eigenvalue weighted by atomic mass is 10.0. The molecule has 2 aromatic heterocycles. The van der Waals surface area contributed by atoms with E-state index in [1.54, 1.807) is 24.6 Å². The zero-order valence-electron chi connectivity index (χ0n) is 15.0. The summed E-state index contributed by atoms with van der Waals surface area (Å²) in [5, 5.41) is 6.34. The van der Waals surface area contributed by atoms with Crippen molar-refractivity contribution in [1.82, 2.24) is 4.98 Å². The number of aromatic nitrogens is 1. The molecule has 0 spiro atoms. The average Bonchev–Trinajstić information content (AvgIpc) is 3.11. The Kier molecular flexibility index (Phi) is 7.08. The van der Waals surface area contributed by atoms with Crippen LogP contribution in [0.1, 0.15) is 17.3 Å². The van der Waals surface area contributed by atoms with Crippen LogP contribution in [0.5, 0.6) is 0 Å². The molecular formula is C20H17ClN2O3S2. The second-order valence-electron chi connectivity index (χ2n) is 5.56. The summed E-state index contributed by atoms with van der Waals surface area (Å²) in [6.07, 6.45) is 1.67. The second kappa shape index (κ2) is 9.73. The van der Waals surface area contributed by atoms with Crippen molar-refractivity contribution in [2.45, 2.75) is 11.9 Å². The fourth-order valence-electron chi connectivity index (χ4n) is 2.47. The Morgan fingerprint density at radius 1 is 1.18 bits per heavy atom. The molecule has 2 heterocycles. The van der Waals surface area contributed by atoms with E-state index >= 15 is 0 Å². The molecule has 144 valence electrons. The highest BCUT2D eigenvalue weighted by Crippen LogP contribution is 2.39. The first kappa shape index (κ1) is 20.4. The van der Waals surface area contributed by atoms with Crippen LogP contribution in [0.25, 0.3) is 11.1 Å². The van der Waals surface area contributed by atoms with Crippen LogP contribution in [-0.4, -0.2) is 29.2 Å². The summed E-state index contributed by atoms with van der Waals surface area (Å²) >= 11 is 8.89. The van der Waals surface area contributed by atoms with Gasteiger partial charge >= 0.3 is 5.97 Å². The van der Waals surface area contributed by atoms with E-state index in [-0.39, 0.29) is 18.3 Å². The summed E-state index contributed by atoms with van der Waals surface area (Å²) in [7, 11) is 0. The van der Waals surface area contributed by atoms with Crippen LogP contribution < -0.4 is 5.32 Å². The molecule has 8 heteroatoms. The van der Waals surface area contributed by atoms with Gasteiger partial charge in [0.25, 0.3) is 0 Å². The molecule has 0 saturated carbocycles. The third-order valence-corrected chi connectivity index (χ3v) is 5.85. The van der Waals surface area contributed by atoms with Crippen LogP contribution in [0, 0.1) is 0 Å². The first-order valence-corrected chi connectivity index (χ1v) is 10.7. The first-order valence-electron chi connectivity index (χ1n) is 8.47. The highest BCUT2D eigenvalue weighted by Gasteiger charge is 2.23. The van der Waals surface area contributed by atoms with Crippen molar-refractivity contribution in [3.05, 3.63) is 64.6 Å². The summed E-state index contributed by atoms with van der Waals surface area (Å²) < 4.78 is 5.20. The molecule has 1 amide bonds. The number of thiophene rings is 1. The average molecular weight is 433 g/mol. The van der Waals surface area contributed by atoms with E-state index in [0.29, 0.717) is 26.7 Å². The summed E-state index contributed by atoms with van der Waals surface area (Å²) in [6, 6.07) is 12.8. The molecule has 1 N–H and O–H groups in total. The molecule has 3 rings (SSSR count). The minimum absolute atomic E-state index is 0.179. The topological polar surface area (TPSA) is 68.3 Å². The molecule has 0 saturated heterocycles. The fraction of sp³-hybridized carbons (Fsp3) is 0.150. The number of ether oxygens (including phenoxy) is 1. The number of esters is 1. The molecule has 3 aromatic rings. The molecular weight excluding hydrogens is 416 g/mol. The van der Waals surface area contributed by atoms with E-state index in [4.69, 9.17) is 16.3 Å². The molecule has 0 radical (unpaired) electrons. The van der Waals surface area contributed by atoms with Crippen molar-refractivity contribution < 1.29 is 14.3 Å². The number of pyridine rings is 1. The number of benzene rings is 1. The lowest BCUT2D eigenvalue weighted by Gasteiger charge is -2.09. The lowest BCUT2D eigenvalue weighted by molar-refractivity contribution is -0.113. The maximum atomic E-state index is 12.6. The monoisotopic (exact) mass is 432 g/mol. The number of carbonyl (C=O) groups excluding carboxylic acids is 2. The van der Waals surface area contributed by atoms with E-state index in [2.05, 4.69) is 10.3 Å². The van der Waals surface area contributed by atoms with Crippen molar-refractivity contribution in [2.24, 2.45) is 0 Å². The summed E-state index contributed by atoms with van der Waals surface area (Å²) in [5.74, 6) is -0.543. The maximum Gasteiger partial charge on any atom is 0.341 e. The molecule has 0 aliphatic rings. The van der Waals surface area contributed by atoms with Crippen LogP contribution >= 0.6 is 34.7 Å². The number of nitrogens with zero attached hydrogens (tertiary/aromatic N) is 1. The molecule has 0 bridgehead atoms. The van der Waals surface area contributed by atoms with Crippen molar-refractivity contribution in [2.75, 3.05) is 17.7 Å². The smallest absolute Gasteiger partial charge is 0.341 e. The zero-order chi connectivity index (χ0) is 19.9. The van der Waals surface area contributed by atoms with Gasteiger partial charge in [0.05, 0.1) is 17.4 Å². The van der Waals surface area contributed by atoms with Crippen molar-refractivity contribution in [3.63, 3.8) is 0 Å². The van der Waals surface area contributed by atoms with Gasteiger partial charge in [0.1, 0.15) is 10.6 Å². The number of anilines is 1. The normalized spacial score (nSPS) is 10.5. The van der Waals surface area contributed by atoms with Crippen LogP contribution in [0.4, 0.5) is 5.00 Å². The minimum Gasteiger partial charge on any atom is -0.462 e. The number of rotatable bonds is 7. The SMILES string of the molecule is CCOC(=O)c1c(-c2ccccc2Cl)csc1NC(=O)CSc1ccccn1. The largest absolute Gasteiger partial charge is 0.462 e. The molecule has 0 aliphatic carbocycles. The van der Waals surface area contributed by atoms with Gasteiger partial charge in [-0.15, -0.1) is 11.3 Å². The van der Waals surface area contributed by atoms with Gasteiger partial charge in [-0.1, -0.05) is 47.6 Å². The molecule has 0 atom stereocenters. The van der Waals surface area contributed by atoms with E-state index in [1.807, 2.05) is 36.4 Å². The van der Waals surface area contributed by atoms with Gasteiger partial charge in [-0.3, -0.25) is 4.79 Å². The molecule has 0 fully saturated rings. The van der Waals surface area contributed by atoms with E-state index in [0.717, 1.165) is 5.03 Å². The molecule has 0 unspecified atom stereocenters. The van der Waals surface area contributed by atoms with Gasteiger partial charge in [0, 0.05) is 27.7 Å². The predicted molar refractivity (Wildman–Crippen MR) is 114 cm³/mol. The number of nitrogens with one attached hydrogen (secondary N) is 1. The van der Waals surface area contributed by atoms with Gasteiger partial charge in [0.15, 0.2) is 0 Å². The quantitative estimate of drug-likeness (QED) is 0.401. The second-order valence-corrected chi connectivity index (χ2v) is 7.84. The van der Waals surface area contributed by atoms with Crippen LogP contribution in [-0.2, 0) is 9.53 Å². The lowest BCUT2D eigenvalue weighted by Crippen LogP contribution is -2.16. The Balaban J connectivity index is 1.83. The number of hydrogen-bond donors (Lipinski definition) is 1. The minimum atomic E-state index is -0.494. The summed E-state index contributed by atoms with van der Waals surface area (Å²) in [6.45, 7) is 1.97. The third-order valence-electron chi connectivity index (χ3n) is 3.68. The van der Waals surface area contributed by atoms with Crippen molar-refractivity contribution in [3.8, 4) is 11.1 Å². The van der Waals surface area contributed by atoms with Gasteiger partial charge in [-0.25, -0.2) is 9.78 Å². The van der Waals surface area contributed by atoms with Crippen LogP contribution in [0.3, 0.4) is 0 Å². The molecule has 5 nitrogen and oxygen atoms in total. The number of hydrogen-bond acceptors (Lipinski definition) is 6. The van der Waals surface area contributed by atoms with E-state index < -0.39 is 5.97 Å². The third kappa shape index (κ3) is 4.92. The zero-order valence-corrected chi connectivity index (χ0v) is 17.4. The van der Waals surface area contributed by atoms with Gasteiger partial charge in [-0.05, 0) is 25.1 Å². The van der Waals surface area contributed by atoms with Crippen molar-refractivity contribution >= 4 is 51.6 Å². The first-order chi connectivity index (χ1) is 13.6. The van der Waals surface area contributed by atoms with Gasteiger partial charge in [0.2, 0.25) is 5.91 Å². The Morgan fingerprint density at radius 3 is 2.68 bits per heavy atom. The van der Waals surface area contributed by atoms with Crippen molar-refractivity contribution in [1.29, 1.82) is 0 Å². The van der Waals surface area contributed by atoms with Crippen LogP contribution in [0.2, 0.25) is 5.02 Å². The molecule has 1 aromatic carbocycles. The predicted octanol–water partition coefficient (Wildman–Crippen LogP) is 5.37. The highest BCUT2D eigenvalue weighted by atomic mass is 35.5. The van der Waals surface area contributed by atoms with Gasteiger partial charge < -0.3 is 10.1 Å². The van der Waals surface area contributed by atoms with Crippen LogP contribution in [0.15, 0.2) is 59.1 Å². The Hall–Kier alpha value is -2.35. The van der Waals surface area contributed by atoms with E-state index in [9.17, 15) is 9.59 Å². The Labute approximate surface area is 176 Å². The molecule has 28 heavy (non-hydrogen) atoms. The number of amides is 1. The maximum absolute atomic E-state index is 12.6. The van der Waals surface area contributed by atoms with E-state index in [1.165, 1.54) is 23.1 Å². The number of halogens is 1. The highest BCUT2D eigenvalue weighted by molar-refractivity contribution is 7.99. The number of carbonyl (C=O) groups is 2. The molecule has 0 aliphatic heterocycles. The summed E-state index contributed by atoms with van der Waals surface area (Å²) in [4.78, 5) is 29.1. The number of thioether (sulfide) groups is 1. The fourth-order valence-corrected chi connectivity index (χ4v) is 4.33. The Bertz CT molecular complexity index is 977. The Morgan fingerprint density at radius 2 is 1.96 bits per heavy atom. The standard InChI is InChI=1S/C20H17ClN2O3S2/c1-2-26-20(25)18-14(13-7-3-4-8-15(13)21)11-28-19(18)23-16(24)12-27-17-9-5-6-10-22-17/h3-11H,2,12H2,1H3,(H,23,24). The summed E-state index contributed by atoms with van der Waals surface area (Å²) in [5.41, 5.74) is 1.67. The van der Waals surface area contributed by atoms with Gasteiger partial charge in [-0.2, -0.15) is 0 Å².